The van der Waals surface area contributed by atoms with E-state index in [1.165, 1.54) is 6.07 Å². The Morgan fingerprint density at radius 2 is 1.85 bits per heavy atom. The van der Waals surface area contributed by atoms with Crippen LogP contribution in [0.3, 0.4) is 0 Å². The van der Waals surface area contributed by atoms with Crippen LogP contribution in [0.15, 0.2) is 36.5 Å². The van der Waals surface area contributed by atoms with Crippen molar-refractivity contribution in [2.45, 2.75) is 38.8 Å². The van der Waals surface area contributed by atoms with Gasteiger partial charge in [0.1, 0.15) is 5.82 Å². The number of fused-ring (bicyclic) bond motifs is 3. The number of nitrogens with two attached hydrogens (primary N) is 1. The quantitative estimate of drug-likeness (QED) is 0.558. The van der Waals surface area contributed by atoms with Crippen LogP contribution < -0.4 is 5.73 Å². The minimum absolute atomic E-state index is 0.0464. The molecule has 1 aromatic carbocycles. The molecule has 2 aromatic heterocycles. The van der Waals surface area contributed by atoms with E-state index in [2.05, 4.69) is 9.97 Å². The minimum atomic E-state index is -4.58. The Kier molecular flexibility index (Phi) is 5.69. The van der Waals surface area contributed by atoms with Gasteiger partial charge in [0.2, 0.25) is 0 Å². The van der Waals surface area contributed by atoms with Gasteiger partial charge in [0.25, 0.3) is 11.8 Å². The van der Waals surface area contributed by atoms with Gasteiger partial charge in [-0.1, -0.05) is 0 Å². The molecule has 3 heterocycles. The van der Waals surface area contributed by atoms with E-state index >= 15 is 0 Å². The van der Waals surface area contributed by atoms with Gasteiger partial charge in [0.05, 0.1) is 43.1 Å². The van der Waals surface area contributed by atoms with E-state index in [-0.39, 0.29) is 31.0 Å². The predicted molar refractivity (Wildman–Crippen MR) is 109 cm³/mol. The zero-order chi connectivity index (χ0) is 24.0. The minimum Gasteiger partial charge on any atom is -0.383 e. The van der Waals surface area contributed by atoms with E-state index < -0.39 is 30.1 Å². The molecule has 0 atom stereocenters. The van der Waals surface area contributed by atoms with Crippen LogP contribution in [0.25, 0.3) is 10.9 Å². The van der Waals surface area contributed by atoms with Crippen molar-refractivity contribution >= 4 is 22.6 Å². The third-order valence-corrected chi connectivity index (χ3v) is 5.24. The molecule has 0 aliphatic carbocycles. The molecule has 0 radical (unpaired) electrons. The van der Waals surface area contributed by atoms with Gasteiger partial charge in [-0.05, 0) is 35.9 Å². The van der Waals surface area contributed by atoms with Crippen LogP contribution in [0.2, 0.25) is 0 Å². The number of halogens is 5. The maximum absolute atomic E-state index is 13.8. The van der Waals surface area contributed by atoms with Gasteiger partial charge in [-0.2, -0.15) is 13.2 Å². The maximum atomic E-state index is 13.8. The lowest BCUT2D eigenvalue weighted by atomic mass is 10.0. The van der Waals surface area contributed by atoms with E-state index in [0.717, 1.165) is 28.2 Å². The molecular weight excluding hydrogens is 447 g/mol. The van der Waals surface area contributed by atoms with Gasteiger partial charge >= 0.3 is 6.18 Å². The molecule has 11 heteroatoms. The van der Waals surface area contributed by atoms with Crippen LogP contribution in [-0.4, -0.2) is 33.2 Å². The number of anilines is 1. The molecule has 0 fully saturated rings. The van der Waals surface area contributed by atoms with Crippen LogP contribution in [0.1, 0.15) is 39.7 Å². The number of hydrogen-bond donors (Lipinski definition) is 1. The SMILES string of the molecule is CC(F)(F)CN(Cc1ccc(C(F)(F)F)cn1)C(=O)c1ccc2nc(N)c3c(c2c1)COC3. The van der Waals surface area contributed by atoms with Gasteiger partial charge in [-0.25, -0.2) is 13.8 Å². The molecule has 2 N–H and O–H groups in total. The molecule has 0 unspecified atom stereocenters. The molecule has 0 saturated heterocycles. The van der Waals surface area contributed by atoms with Crippen molar-refractivity contribution in [3.63, 3.8) is 0 Å². The first kappa shape index (κ1) is 22.8. The number of ether oxygens (including phenoxy) is 1. The third-order valence-electron chi connectivity index (χ3n) is 5.24. The number of alkyl halides is 5. The number of carbonyl (C=O) groups is 1. The van der Waals surface area contributed by atoms with Crippen LogP contribution in [0, 0.1) is 0 Å². The number of nitrogen functional groups attached to an aromatic ring is 1. The zero-order valence-electron chi connectivity index (χ0n) is 17.4. The summed E-state index contributed by atoms with van der Waals surface area (Å²) < 4.78 is 71.4. The van der Waals surface area contributed by atoms with Crippen molar-refractivity contribution < 1.29 is 31.5 Å². The molecule has 33 heavy (non-hydrogen) atoms. The largest absolute Gasteiger partial charge is 0.417 e. The first-order valence-electron chi connectivity index (χ1n) is 9.90. The topological polar surface area (TPSA) is 81.3 Å². The van der Waals surface area contributed by atoms with Crippen molar-refractivity contribution in [1.29, 1.82) is 0 Å². The molecule has 0 bridgehead atoms. The highest BCUT2D eigenvalue weighted by atomic mass is 19.4. The fourth-order valence-electron chi connectivity index (χ4n) is 3.70. The van der Waals surface area contributed by atoms with Gasteiger partial charge in [0.15, 0.2) is 0 Å². The molecule has 0 spiro atoms. The normalized spacial score (nSPS) is 13.9. The average molecular weight is 466 g/mol. The highest BCUT2D eigenvalue weighted by molar-refractivity contribution is 5.99. The number of hydrogen-bond acceptors (Lipinski definition) is 5. The number of aromatic nitrogens is 2. The number of rotatable bonds is 5. The number of nitrogens with zero attached hydrogens (tertiary/aromatic N) is 3. The Balaban J connectivity index is 1.67. The third kappa shape index (κ3) is 4.87. The van der Waals surface area contributed by atoms with Crippen molar-refractivity contribution in [3.8, 4) is 0 Å². The summed E-state index contributed by atoms with van der Waals surface area (Å²) >= 11 is 0. The number of benzene rings is 1. The molecule has 3 aromatic rings. The number of pyridine rings is 2. The summed E-state index contributed by atoms with van der Waals surface area (Å²) in [4.78, 5) is 22.0. The molecule has 1 amide bonds. The Hall–Kier alpha value is -3.34. The van der Waals surface area contributed by atoms with Gasteiger partial charge < -0.3 is 15.4 Å². The number of amides is 1. The van der Waals surface area contributed by atoms with Gasteiger partial charge in [0, 0.05) is 29.6 Å². The van der Waals surface area contributed by atoms with E-state index in [9.17, 15) is 26.7 Å². The number of carbonyl (C=O) groups excluding carboxylic acids is 1. The molecule has 1 aliphatic heterocycles. The predicted octanol–water partition coefficient (Wildman–Crippen LogP) is 4.56. The monoisotopic (exact) mass is 466 g/mol. The lowest BCUT2D eigenvalue weighted by molar-refractivity contribution is -0.137. The summed E-state index contributed by atoms with van der Waals surface area (Å²) in [6.45, 7) is -0.101. The fourth-order valence-corrected chi connectivity index (χ4v) is 3.70. The summed E-state index contributed by atoms with van der Waals surface area (Å²) in [6.07, 6.45) is -3.97. The molecule has 0 saturated carbocycles. The summed E-state index contributed by atoms with van der Waals surface area (Å²) in [5.74, 6) is -3.62. The highest BCUT2D eigenvalue weighted by Crippen LogP contribution is 2.32. The first-order chi connectivity index (χ1) is 15.4. The lowest BCUT2D eigenvalue weighted by Crippen LogP contribution is -2.39. The summed E-state index contributed by atoms with van der Waals surface area (Å²) in [6, 6.07) is 6.41. The van der Waals surface area contributed by atoms with Crippen molar-refractivity contribution in [2.75, 3.05) is 12.3 Å². The van der Waals surface area contributed by atoms with Crippen LogP contribution in [-0.2, 0) is 30.7 Å². The fraction of sp³-hybridized carbons (Fsp3) is 0.318. The second-order valence-corrected chi connectivity index (χ2v) is 7.95. The second-order valence-electron chi connectivity index (χ2n) is 7.95. The van der Waals surface area contributed by atoms with Crippen LogP contribution in [0.5, 0.6) is 0 Å². The Morgan fingerprint density at radius 1 is 1.12 bits per heavy atom. The lowest BCUT2D eigenvalue weighted by Gasteiger charge is -2.26. The molecular formula is C22H19F5N4O2. The smallest absolute Gasteiger partial charge is 0.383 e. The van der Waals surface area contributed by atoms with Crippen molar-refractivity contribution in [3.05, 3.63) is 64.5 Å². The van der Waals surface area contributed by atoms with Gasteiger partial charge in [-0.3, -0.25) is 9.78 Å². The Morgan fingerprint density at radius 3 is 2.48 bits per heavy atom. The van der Waals surface area contributed by atoms with Crippen LogP contribution in [0.4, 0.5) is 27.8 Å². The van der Waals surface area contributed by atoms with Gasteiger partial charge in [-0.15, -0.1) is 0 Å². The van der Waals surface area contributed by atoms with Crippen molar-refractivity contribution in [1.82, 2.24) is 14.9 Å². The average Bonchev–Trinajstić information content (AvgIpc) is 3.22. The Bertz CT molecular complexity index is 1210. The highest BCUT2D eigenvalue weighted by Gasteiger charge is 2.32. The molecule has 174 valence electrons. The zero-order valence-corrected chi connectivity index (χ0v) is 17.4. The maximum Gasteiger partial charge on any atom is 0.417 e. The summed E-state index contributed by atoms with van der Waals surface area (Å²) in [7, 11) is 0. The van der Waals surface area contributed by atoms with E-state index in [0.29, 0.717) is 29.8 Å². The molecule has 4 rings (SSSR count). The molecule has 1 aliphatic rings. The summed E-state index contributed by atoms with van der Waals surface area (Å²) in [5.41, 5.74) is 7.18. The van der Waals surface area contributed by atoms with E-state index in [1.807, 2.05) is 0 Å². The van der Waals surface area contributed by atoms with Crippen LogP contribution >= 0.6 is 0 Å². The molecule has 6 nitrogen and oxygen atoms in total. The van der Waals surface area contributed by atoms with Crippen molar-refractivity contribution in [2.24, 2.45) is 0 Å². The second kappa shape index (κ2) is 8.22. The van der Waals surface area contributed by atoms with E-state index in [4.69, 9.17) is 10.5 Å². The standard InChI is InChI=1S/C22H19F5N4O2/c1-21(23,24)11-31(8-14-4-3-13(7-29-14)22(25,26)27)20(32)12-2-5-18-15(6-12)16-9-33-10-17(16)19(28)30-18/h2-7H,8-11H2,1H3,(H2,28,30). The summed E-state index contributed by atoms with van der Waals surface area (Å²) in [5, 5.41) is 0.624. The van der Waals surface area contributed by atoms with E-state index in [1.54, 1.807) is 12.1 Å². The Labute approximate surface area is 185 Å². The first-order valence-corrected chi connectivity index (χ1v) is 9.90.